The first-order valence-corrected chi connectivity index (χ1v) is 11.8. The van der Waals surface area contributed by atoms with Crippen molar-refractivity contribution in [1.29, 1.82) is 0 Å². The van der Waals surface area contributed by atoms with E-state index in [1.807, 2.05) is 0 Å². The van der Waals surface area contributed by atoms with Crippen LogP contribution < -0.4 is 0 Å². The summed E-state index contributed by atoms with van der Waals surface area (Å²) in [5.41, 5.74) is 0. The van der Waals surface area contributed by atoms with Crippen molar-refractivity contribution in [3.05, 3.63) is 0 Å². The zero-order chi connectivity index (χ0) is 15.4. The number of hydrogen-bond acceptors (Lipinski definition) is 0. The van der Waals surface area contributed by atoms with Gasteiger partial charge in [0.25, 0.3) is 0 Å². The fourth-order valence-corrected chi connectivity index (χ4v) is 13.0. The van der Waals surface area contributed by atoms with Crippen LogP contribution in [-0.2, 0) is 0 Å². The van der Waals surface area contributed by atoms with Crippen LogP contribution in [0.3, 0.4) is 0 Å². The van der Waals surface area contributed by atoms with Gasteiger partial charge in [0.15, 0.2) is 0 Å². The van der Waals surface area contributed by atoms with E-state index in [0.29, 0.717) is 18.6 Å². The van der Waals surface area contributed by atoms with Crippen LogP contribution in [0.5, 0.6) is 0 Å². The third kappa shape index (κ3) is 25.6. The van der Waals surface area contributed by atoms with Crippen LogP contribution in [0.1, 0.15) is 83.1 Å². The van der Waals surface area contributed by atoms with Gasteiger partial charge >= 0.3 is 65.5 Å². The molecule has 0 atom stereocenters. The predicted molar refractivity (Wildman–Crippen MR) is 95.9 cm³/mol. The van der Waals surface area contributed by atoms with E-state index in [2.05, 4.69) is 83.1 Å². The van der Waals surface area contributed by atoms with Crippen LogP contribution in [0.15, 0.2) is 0 Å². The summed E-state index contributed by atoms with van der Waals surface area (Å²) >= 11 is -0.333. The van der Waals surface area contributed by atoms with Crippen LogP contribution in [0, 0.1) is 0 Å². The van der Waals surface area contributed by atoms with Gasteiger partial charge in [0.1, 0.15) is 0 Å². The van der Waals surface area contributed by atoms with E-state index in [1.54, 1.807) is 0 Å². The van der Waals surface area contributed by atoms with E-state index in [-0.39, 0.29) is 25.0 Å². The van der Waals surface area contributed by atoms with E-state index in [0.717, 1.165) is 0 Å². The average Bonchev–Trinajstić information content (AvgIpc) is 1.64. The molecular weight excluding hydrogens is 293 g/mol. The molecule has 0 amide bonds. The van der Waals surface area contributed by atoms with Gasteiger partial charge in [0, 0.05) is 9.52 Å². The summed E-state index contributed by atoms with van der Waals surface area (Å²) in [6, 6.07) is 0. The van der Waals surface area contributed by atoms with Crippen LogP contribution in [0.25, 0.3) is 0 Å². The van der Waals surface area contributed by atoms with Gasteiger partial charge in [-0.15, -0.1) is 0 Å². The molecule has 0 aliphatic rings. The molecule has 0 saturated heterocycles. The second-order valence-corrected chi connectivity index (χ2v) is 24.8. The molecule has 0 fully saturated rings. The Morgan fingerprint density at radius 3 is 0.722 bits per heavy atom. The molecule has 0 nitrogen and oxygen atoms in total. The number of rotatable bonds is 0. The molecule has 0 aromatic heterocycles. The third-order valence-electron chi connectivity index (χ3n) is 2.12. The van der Waals surface area contributed by atoms with Gasteiger partial charge in [-0.05, 0) is 10.1 Å². The zero-order valence-corrected chi connectivity index (χ0v) is 19.8. The molecule has 0 unspecified atom stereocenters. The molecule has 0 aliphatic carbocycles. The molecule has 112 valence electrons. The van der Waals surface area contributed by atoms with Crippen LogP contribution >= 0.6 is 0 Å². The molecule has 0 saturated carbocycles. The monoisotopic (exact) mass is 334 g/mol. The average molecular weight is 333 g/mol. The van der Waals surface area contributed by atoms with Gasteiger partial charge < -0.3 is 0 Å². The molecule has 0 heterocycles. The van der Waals surface area contributed by atoms with E-state index < -0.39 is 0 Å². The summed E-state index contributed by atoms with van der Waals surface area (Å²) in [5.74, 6) is 0. The van der Waals surface area contributed by atoms with Gasteiger partial charge in [-0.1, -0.05) is 41.5 Å². The van der Waals surface area contributed by atoms with Crippen molar-refractivity contribution in [1.82, 2.24) is 0 Å². The van der Waals surface area contributed by atoms with E-state index in [9.17, 15) is 0 Å². The Bertz CT molecular complexity index is 167. The normalized spacial score (nSPS) is 14.0. The maximum absolute atomic E-state index is 2.37. The Morgan fingerprint density at radius 1 is 0.500 bits per heavy atom. The van der Waals surface area contributed by atoms with Crippen molar-refractivity contribution in [3.8, 4) is 0 Å². The molecule has 2 heteroatoms. The molecule has 0 radical (unpaired) electrons. The third-order valence-corrected chi connectivity index (χ3v) is 8.69. The quantitative estimate of drug-likeness (QED) is 0.536. The first-order chi connectivity index (χ1) is 7.41. The first-order valence-electron chi connectivity index (χ1n) is 7.41. The first kappa shape index (κ1) is 21.1. The van der Waals surface area contributed by atoms with Crippen molar-refractivity contribution in [2.75, 3.05) is 0 Å². The molecule has 0 aliphatic heterocycles. The van der Waals surface area contributed by atoms with Crippen LogP contribution in [0.4, 0.5) is 0 Å². The second kappa shape index (κ2) is 6.97. The van der Waals surface area contributed by atoms with Gasteiger partial charge in [-0.25, -0.2) is 0 Å². The standard InChI is InChI=1S/C8H20Ge.C8H20Si/c2*1-7(2,3)9-8(4,5)6/h2*9H2,1-6H3. The Labute approximate surface area is 126 Å². The van der Waals surface area contributed by atoms with E-state index >= 15 is 0 Å². The SMILES string of the molecule is CC(C)(C)[SiH2]C(C)(C)C.C[C](C)(C)[GeH2][C](C)(C)C. The number of hydrogen-bond donors (Lipinski definition) is 0. The fraction of sp³-hybridized carbons (Fsp3) is 1.00. The summed E-state index contributed by atoms with van der Waals surface area (Å²) in [6.07, 6.45) is 0. The molecule has 0 spiro atoms. The van der Waals surface area contributed by atoms with Crippen LogP contribution in [0.2, 0.25) is 18.6 Å². The van der Waals surface area contributed by atoms with Gasteiger partial charge in [-0.3, -0.25) is 0 Å². The molecular formula is C16H40GeSi. The predicted octanol–water partition coefficient (Wildman–Crippen LogP) is 5.18. The summed E-state index contributed by atoms with van der Waals surface area (Å²) in [6.45, 7) is 28.3. The summed E-state index contributed by atoms with van der Waals surface area (Å²) < 4.78 is 1.34. The Morgan fingerprint density at radius 2 is 0.722 bits per heavy atom. The van der Waals surface area contributed by atoms with Crippen molar-refractivity contribution in [3.63, 3.8) is 0 Å². The maximum atomic E-state index is 2.37. The van der Waals surface area contributed by atoms with Crippen molar-refractivity contribution < 1.29 is 0 Å². The Balaban J connectivity index is 0. The Hall–Kier alpha value is 0.760. The van der Waals surface area contributed by atoms with Gasteiger partial charge in [0.05, 0.1) is 0 Å². The zero-order valence-electron chi connectivity index (χ0n) is 15.4. The van der Waals surface area contributed by atoms with Crippen LogP contribution in [-0.4, -0.2) is 25.0 Å². The van der Waals surface area contributed by atoms with Crippen molar-refractivity contribution >= 4 is 25.0 Å². The molecule has 18 heavy (non-hydrogen) atoms. The van der Waals surface area contributed by atoms with Crippen molar-refractivity contribution in [2.45, 2.75) is 102 Å². The van der Waals surface area contributed by atoms with Gasteiger partial charge in [0.2, 0.25) is 0 Å². The molecule has 0 rings (SSSR count). The summed E-state index contributed by atoms with van der Waals surface area (Å²) in [7, 11) is 0.0880. The Kier molecular flexibility index (Phi) is 8.15. The van der Waals surface area contributed by atoms with E-state index in [4.69, 9.17) is 0 Å². The summed E-state index contributed by atoms with van der Waals surface area (Å²) in [5, 5.41) is 1.25. The molecule has 0 N–H and O–H groups in total. The minimum atomic E-state index is -0.333. The van der Waals surface area contributed by atoms with Crippen molar-refractivity contribution in [2.24, 2.45) is 0 Å². The molecule has 0 aromatic carbocycles. The second-order valence-electron chi connectivity index (χ2n) is 10.6. The molecule has 0 aromatic rings. The minimum absolute atomic E-state index is 0.0880. The fourth-order valence-electron chi connectivity index (χ4n) is 3.18. The summed E-state index contributed by atoms with van der Waals surface area (Å²) in [4.78, 5) is 0. The van der Waals surface area contributed by atoms with E-state index in [1.165, 1.54) is 0 Å². The molecule has 0 bridgehead atoms. The topological polar surface area (TPSA) is 0 Å². The van der Waals surface area contributed by atoms with Gasteiger partial charge in [-0.2, -0.15) is 0 Å².